The van der Waals surface area contributed by atoms with E-state index in [1.54, 1.807) is 4.90 Å². The van der Waals surface area contributed by atoms with Gasteiger partial charge in [-0.2, -0.15) is 0 Å². The predicted molar refractivity (Wildman–Crippen MR) is 128 cm³/mol. The fourth-order valence-electron chi connectivity index (χ4n) is 4.30. The number of carbonyl (C=O) groups excluding carboxylic acids is 2. The maximum atomic E-state index is 12.7. The Hall–Kier alpha value is -3.32. The molecule has 0 unspecified atom stereocenters. The lowest BCUT2D eigenvalue weighted by Crippen LogP contribution is -2.51. The largest absolute Gasteiger partial charge is 0.367 e. The van der Waals surface area contributed by atoms with Crippen molar-refractivity contribution in [3.05, 3.63) is 82.0 Å². The summed E-state index contributed by atoms with van der Waals surface area (Å²) in [5.74, 6) is 0.0218. The molecule has 2 aliphatic heterocycles. The zero-order valence-electron chi connectivity index (χ0n) is 17.9. The number of amides is 3. The maximum absolute atomic E-state index is 12.7. The molecular weight excluding hydrogens is 420 g/mol. The number of thiophene rings is 1. The van der Waals surface area contributed by atoms with E-state index in [4.69, 9.17) is 0 Å². The van der Waals surface area contributed by atoms with Gasteiger partial charge in [-0.25, -0.2) is 4.79 Å². The van der Waals surface area contributed by atoms with Gasteiger partial charge in [-0.15, -0.1) is 11.3 Å². The summed E-state index contributed by atoms with van der Waals surface area (Å²) < 4.78 is 0. The van der Waals surface area contributed by atoms with Crippen LogP contribution in [0.4, 0.5) is 16.2 Å². The summed E-state index contributed by atoms with van der Waals surface area (Å²) in [6.45, 7) is 4.10. The van der Waals surface area contributed by atoms with Crippen LogP contribution in [0.25, 0.3) is 0 Å². The summed E-state index contributed by atoms with van der Waals surface area (Å²) in [6, 6.07) is 19.5. The Balaban J connectivity index is 1.14. The van der Waals surface area contributed by atoms with Crippen molar-refractivity contribution in [1.82, 2.24) is 9.80 Å². The van der Waals surface area contributed by atoms with Gasteiger partial charge in [-0.1, -0.05) is 18.2 Å². The number of benzene rings is 2. The molecule has 2 aliphatic rings. The third-order valence-corrected chi connectivity index (χ3v) is 7.19. The fourth-order valence-corrected chi connectivity index (χ4v) is 5.19. The van der Waals surface area contributed by atoms with Crippen molar-refractivity contribution in [1.29, 1.82) is 0 Å². The first-order chi connectivity index (χ1) is 15.7. The van der Waals surface area contributed by atoms with Gasteiger partial charge in [0.25, 0.3) is 5.91 Å². The van der Waals surface area contributed by atoms with Gasteiger partial charge in [-0.05, 0) is 59.8 Å². The molecule has 32 heavy (non-hydrogen) atoms. The highest BCUT2D eigenvalue weighted by Gasteiger charge is 2.25. The molecule has 0 bridgehead atoms. The van der Waals surface area contributed by atoms with Gasteiger partial charge in [0.15, 0.2) is 0 Å². The van der Waals surface area contributed by atoms with Crippen LogP contribution in [0.1, 0.15) is 20.8 Å². The van der Waals surface area contributed by atoms with E-state index in [1.165, 1.54) is 16.1 Å². The molecular formula is C25H26N4O2S. The Morgan fingerprint density at radius 1 is 0.812 bits per heavy atom. The number of rotatable bonds is 3. The van der Waals surface area contributed by atoms with Crippen molar-refractivity contribution in [2.75, 3.05) is 42.9 Å². The van der Waals surface area contributed by atoms with Crippen LogP contribution in [0, 0.1) is 0 Å². The molecule has 3 heterocycles. The molecule has 2 aromatic carbocycles. The first kappa shape index (κ1) is 20.6. The van der Waals surface area contributed by atoms with Crippen LogP contribution in [0.3, 0.4) is 0 Å². The van der Waals surface area contributed by atoms with Gasteiger partial charge in [0.1, 0.15) is 0 Å². The minimum atomic E-state index is -0.120. The van der Waals surface area contributed by atoms with Crippen molar-refractivity contribution >= 4 is 34.6 Å². The van der Waals surface area contributed by atoms with Crippen LogP contribution in [-0.2, 0) is 13.0 Å². The molecule has 164 valence electrons. The molecule has 1 N–H and O–H groups in total. The number of anilines is 2. The van der Waals surface area contributed by atoms with Crippen molar-refractivity contribution in [2.24, 2.45) is 0 Å². The van der Waals surface area contributed by atoms with E-state index in [9.17, 15) is 9.59 Å². The first-order valence-electron chi connectivity index (χ1n) is 11.0. The Bertz CT molecular complexity index is 1090. The number of hydrogen-bond donors (Lipinski definition) is 1. The predicted octanol–water partition coefficient (Wildman–Crippen LogP) is 4.30. The molecule has 0 radical (unpaired) electrons. The van der Waals surface area contributed by atoms with Crippen LogP contribution in [0.5, 0.6) is 0 Å². The molecule has 1 fully saturated rings. The molecule has 6 nitrogen and oxygen atoms in total. The molecule has 7 heteroatoms. The summed E-state index contributed by atoms with van der Waals surface area (Å²) in [4.78, 5) is 32.8. The van der Waals surface area contributed by atoms with Crippen LogP contribution in [-0.4, -0.2) is 54.5 Å². The second kappa shape index (κ2) is 9.04. The van der Waals surface area contributed by atoms with Crippen molar-refractivity contribution < 1.29 is 9.59 Å². The quantitative estimate of drug-likeness (QED) is 0.653. The first-order valence-corrected chi connectivity index (χ1v) is 11.9. The third kappa shape index (κ3) is 4.34. The van der Waals surface area contributed by atoms with Gasteiger partial charge < -0.3 is 20.0 Å². The zero-order chi connectivity index (χ0) is 21.9. The van der Waals surface area contributed by atoms with Crippen molar-refractivity contribution in [3.63, 3.8) is 0 Å². The summed E-state index contributed by atoms with van der Waals surface area (Å²) in [7, 11) is 0. The highest BCUT2D eigenvalue weighted by molar-refractivity contribution is 7.10. The van der Waals surface area contributed by atoms with Crippen molar-refractivity contribution in [2.45, 2.75) is 13.0 Å². The van der Waals surface area contributed by atoms with Crippen LogP contribution >= 0.6 is 11.3 Å². The zero-order valence-corrected chi connectivity index (χ0v) is 18.7. The van der Waals surface area contributed by atoms with E-state index >= 15 is 0 Å². The molecule has 0 aliphatic carbocycles. The summed E-state index contributed by atoms with van der Waals surface area (Å²) in [5, 5.41) is 5.17. The number of nitrogens with zero attached hydrogens (tertiary/aromatic N) is 3. The van der Waals surface area contributed by atoms with Gasteiger partial charge in [0, 0.05) is 61.1 Å². The molecule has 3 amide bonds. The molecule has 0 saturated carbocycles. The number of carbonyl (C=O) groups is 2. The number of piperazine rings is 1. The Morgan fingerprint density at radius 3 is 2.28 bits per heavy atom. The van der Waals surface area contributed by atoms with Crippen LogP contribution in [0.15, 0.2) is 66.0 Å². The molecule has 1 saturated heterocycles. The summed E-state index contributed by atoms with van der Waals surface area (Å²) >= 11 is 1.85. The normalized spacial score (nSPS) is 15.9. The summed E-state index contributed by atoms with van der Waals surface area (Å²) in [6.07, 6.45) is 1.09. The third-order valence-electron chi connectivity index (χ3n) is 6.17. The van der Waals surface area contributed by atoms with Crippen LogP contribution < -0.4 is 10.2 Å². The average molecular weight is 447 g/mol. The monoisotopic (exact) mass is 446 g/mol. The Labute approximate surface area is 192 Å². The smallest absolute Gasteiger partial charge is 0.321 e. The van der Waals surface area contributed by atoms with E-state index in [1.807, 2.05) is 58.7 Å². The number of fused-ring (bicyclic) bond motifs is 1. The highest BCUT2D eigenvalue weighted by Crippen LogP contribution is 2.28. The number of hydrogen-bond acceptors (Lipinski definition) is 4. The molecule has 3 aromatic rings. The van der Waals surface area contributed by atoms with Crippen LogP contribution in [0.2, 0.25) is 0 Å². The van der Waals surface area contributed by atoms with Gasteiger partial charge in [0.2, 0.25) is 0 Å². The average Bonchev–Trinajstić information content (AvgIpc) is 3.33. The maximum Gasteiger partial charge on any atom is 0.321 e. The van der Waals surface area contributed by atoms with E-state index < -0.39 is 0 Å². The van der Waals surface area contributed by atoms with E-state index in [0.29, 0.717) is 31.7 Å². The molecule has 0 spiro atoms. The highest BCUT2D eigenvalue weighted by atomic mass is 32.1. The fraction of sp³-hybridized carbons (Fsp3) is 0.280. The Kier molecular flexibility index (Phi) is 5.81. The van der Waals surface area contributed by atoms with E-state index in [0.717, 1.165) is 25.2 Å². The minimum absolute atomic E-state index is 0.0218. The SMILES string of the molecule is O=C(Nc1ccc(N2CCc3sccc3C2)cc1)N1CCN(C(=O)c2ccccc2)CC1. The Morgan fingerprint density at radius 2 is 1.53 bits per heavy atom. The molecule has 5 rings (SSSR count). The lowest BCUT2D eigenvalue weighted by molar-refractivity contribution is 0.0671. The van der Waals surface area contributed by atoms with Gasteiger partial charge >= 0.3 is 6.03 Å². The second-order valence-electron chi connectivity index (χ2n) is 8.16. The summed E-state index contributed by atoms with van der Waals surface area (Å²) in [5.41, 5.74) is 4.07. The second-order valence-corrected chi connectivity index (χ2v) is 9.16. The lowest BCUT2D eigenvalue weighted by atomic mass is 10.1. The van der Waals surface area contributed by atoms with E-state index in [2.05, 4.69) is 33.8 Å². The lowest BCUT2D eigenvalue weighted by Gasteiger charge is -2.34. The number of urea groups is 1. The molecule has 1 aromatic heterocycles. The van der Waals surface area contributed by atoms with Gasteiger partial charge in [0.05, 0.1) is 0 Å². The van der Waals surface area contributed by atoms with Gasteiger partial charge in [-0.3, -0.25) is 4.79 Å². The van der Waals surface area contributed by atoms with Crippen molar-refractivity contribution in [3.8, 4) is 0 Å². The van der Waals surface area contributed by atoms with E-state index in [-0.39, 0.29) is 11.9 Å². The topological polar surface area (TPSA) is 55.9 Å². The standard InChI is InChI=1S/C25H26N4O2S/c30-24(19-4-2-1-3-5-19)27-13-15-28(16-14-27)25(31)26-21-6-8-22(9-7-21)29-12-10-23-20(18-29)11-17-32-23/h1-9,11,17H,10,12-16,18H2,(H,26,31). The molecule has 0 atom stereocenters. The number of nitrogens with one attached hydrogen (secondary N) is 1. The minimum Gasteiger partial charge on any atom is -0.367 e.